The van der Waals surface area contributed by atoms with Crippen LogP contribution in [0, 0.1) is 6.92 Å². The van der Waals surface area contributed by atoms with Crippen molar-refractivity contribution >= 4 is 22.3 Å². The van der Waals surface area contributed by atoms with Crippen LogP contribution < -0.4 is 0 Å². The summed E-state index contributed by atoms with van der Waals surface area (Å²) in [6, 6.07) is 4.48. The number of carbonyl (C=O) groups excluding carboxylic acids is 1. The van der Waals surface area contributed by atoms with Gasteiger partial charge in [0.2, 0.25) is 6.79 Å². The third kappa shape index (κ3) is 3.03. The van der Waals surface area contributed by atoms with Gasteiger partial charge in [-0.2, -0.15) is 0 Å². The number of carbonyl (C=O) groups is 1. The molecule has 2 aliphatic rings. The summed E-state index contributed by atoms with van der Waals surface area (Å²) in [7, 11) is 0. The maximum Gasteiger partial charge on any atom is 0.339 e. The van der Waals surface area contributed by atoms with Crippen molar-refractivity contribution < 1.29 is 19.0 Å². The van der Waals surface area contributed by atoms with Gasteiger partial charge >= 0.3 is 5.97 Å². The summed E-state index contributed by atoms with van der Waals surface area (Å²) in [5.74, 6) is 1.03. The van der Waals surface area contributed by atoms with E-state index >= 15 is 0 Å². The minimum absolute atomic E-state index is 0.188. The highest BCUT2D eigenvalue weighted by molar-refractivity contribution is 6.10. The van der Waals surface area contributed by atoms with Crippen LogP contribution in [0.4, 0.5) is 0 Å². The minimum Gasteiger partial charge on any atom is -0.457 e. The number of benzene rings is 2. The van der Waals surface area contributed by atoms with E-state index in [1.807, 2.05) is 19.1 Å². The Hall–Kier alpha value is -3.01. The predicted octanol–water partition coefficient (Wildman–Crippen LogP) is 5.75. The van der Waals surface area contributed by atoms with Crippen molar-refractivity contribution in [3.8, 4) is 0 Å². The van der Waals surface area contributed by atoms with Gasteiger partial charge in [0.25, 0.3) is 0 Å². The number of esters is 1. The Labute approximate surface area is 171 Å². The maximum atomic E-state index is 12.7. The van der Waals surface area contributed by atoms with Gasteiger partial charge < -0.3 is 14.2 Å². The van der Waals surface area contributed by atoms with E-state index in [4.69, 9.17) is 14.2 Å². The molecule has 0 aliphatic carbocycles. The Morgan fingerprint density at radius 2 is 1.72 bits per heavy atom. The Morgan fingerprint density at radius 1 is 1.07 bits per heavy atom. The first-order valence-electron chi connectivity index (χ1n) is 10.1. The second-order valence-electron chi connectivity index (χ2n) is 7.40. The number of hydrogen-bond acceptors (Lipinski definition) is 4. The molecule has 0 saturated carbocycles. The first-order chi connectivity index (χ1) is 14.0. The summed E-state index contributed by atoms with van der Waals surface area (Å²) in [4.78, 5) is 12.7. The Balaban J connectivity index is 2.03. The van der Waals surface area contributed by atoms with Gasteiger partial charge in [-0.25, -0.2) is 4.79 Å². The van der Waals surface area contributed by atoms with Gasteiger partial charge in [-0.1, -0.05) is 32.6 Å². The molecule has 4 heteroatoms. The molecular weight excluding hydrogens is 364 g/mol. The van der Waals surface area contributed by atoms with Crippen LogP contribution in [0.5, 0.6) is 0 Å². The molecule has 4 rings (SSSR count). The van der Waals surface area contributed by atoms with E-state index in [0.717, 1.165) is 45.9 Å². The average Bonchev–Trinajstić information content (AvgIpc) is 3.34. The summed E-state index contributed by atoms with van der Waals surface area (Å²) in [6.07, 6.45) is 5.63. The number of fused-ring (bicyclic) bond motifs is 2. The lowest BCUT2D eigenvalue weighted by Crippen LogP contribution is -2.04. The molecule has 2 aromatic carbocycles. The number of cyclic esters (lactones) is 1. The third-order valence-corrected chi connectivity index (χ3v) is 5.89. The smallest absolute Gasteiger partial charge is 0.339 e. The molecule has 0 N–H and O–H groups in total. The predicted molar refractivity (Wildman–Crippen MR) is 114 cm³/mol. The van der Waals surface area contributed by atoms with Crippen LogP contribution in [0.25, 0.3) is 16.3 Å². The van der Waals surface area contributed by atoms with Crippen LogP contribution >= 0.6 is 0 Å². The van der Waals surface area contributed by atoms with Crippen LogP contribution in [0.2, 0.25) is 0 Å². The summed E-state index contributed by atoms with van der Waals surface area (Å²) in [5.41, 5.74) is 6.88. The first kappa shape index (κ1) is 19.3. The van der Waals surface area contributed by atoms with E-state index in [1.54, 1.807) is 0 Å². The number of aryl methyl sites for hydroxylation is 3. The van der Waals surface area contributed by atoms with Crippen LogP contribution in [-0.2, 0) is 33.7 Å². The molecule has 0 radical (unpaired) electrons. The second-order valence-corrected chi connectivity index (χ2v) is 7.40. The normalized spacial score (nSPS) is 18.1. The van der Waals surface area contributed by atoms with E-state index in [9.17, 15) is 4.79 Å². The maximum absolute atomic E-state index is 12.7. The summed E-state index contributed by atoms with van der Waals surface area (Å²) >= 11 is 0. The number of ether oxygens (including phenoxy) is 3. The zero-order valence-electron chi connectivity index (χ0n) is 17.5. The third-order valence-electron chi connectivity index (χ3n) is 5.89. The molecule has 0 atom stereocenters. The van der Waals surface area contributed by atoms with Gasteiger partial charge in [0.05, 0.1) is 5.56 Å². The molecule has 0 amide bonds. The van der Waals surface area contributed by atoms with Crippen LogP contribution in [-0.4, -0.2) is 12.8 Å². The van der Waals surface area contributed by atoms with Crippen molar-refractivity contribution in [2.75, 3.05) is 6.79 Å². The quantitative estimate of drug-likeness (QED) is 0.624. The van der Waals surface area contributed by atoms with Crippen molar-refractivity contribution in [2.24, 2.45) is 0 Å². The lowest BCUT2D eigenvalue weighted by molar-refractivity contribution is 0.0534. The standard InChI is InChI=1S/C25H26O4/c1-6-16-10-18-15(5)20-12-27-25(26)24(20)23(19(18)11-17(16)7-2)14(4)9-22-21(8-3)28-13-29-22/h8-11H,4,6-7,12-13H2,1-3,5H3. The SMILES string of the molecule is C=C(C=C1OCOC1=CC)c1c2c(c(C)c3cc(CC)c(CC)cc13)COC2=O. The minimum atomic E-state index is -0.285. The lowest BCUT2D eigenvalue weighted by Gasteiger charge is -2.17. The summed E-state index contributed by atoms with van der Waals surface area (Å²) < 4.78 is 16.5. The highest BCUT2D eigenvalue weighted by Crippen LogP contribution is 2.40. The molecule has 2 aliphatic heterocycles. The van der Waals surface area contributed by atoms with Crippen molar-refractivity contribution in [1.82, 2.24) is 0 Å². The molecule has 0 aromatic heterocycles. The van der Waals surface area contributed by atoms with Crippen molar-refractivity contribution in [1.29, 1.82) is 0 Å². The molecule has 4 nitrogen and oxygen atoms in total. The summed E-state index contributed by atoms with van der Waals surface area (Å²) in [6.45, 7) is 13.1. The van der Waals surface area contributed by atoms with Gasteiger partial charge in [-0.3, -0.25) is 0 Å². The fourth-order valence-corrected chi connectivity index (χ4v) is 4.32. The summed E-state index contributed by atoms with van der Waals surface area (Å²) in [5, 5.41) is 2.19. The van der Waals surface area contributed by atoms with Gasteiger partial charge in [0, 0.05) is 11.1 Å². The largest absolute Gasteiger partial charge is 0.457 e. The van der Waals surface area contributed by atoms with Crippen molar-refractivity contribution in [3.63, 3.8) is 0 Å². The van der Waals surface area contributed by atoms with Gasteiger partial charge in [-0.05, 0) is 71.9 Å². The lowest BCUT2D eigenvalue weighted by atomic mass is 9.85. The molecule has 1 saturated heterocycles. The first-order valence-corrected chi connectivity index (χ1v) is 10.1. The monoisotopic (exact) mass is 390 g/mol. The highest BCUT2D eigenvalue weighted by atomic mass is 16.7. The van der Waals surface area contributed by atoms with Crippen molar-refractivity contribution in [2.45, 2.75) is 47.1 Å². The Kier molecular flexibility index (Phi) is 4.95. The van der Waals surface area contributed by atoms with Gasteiger partial charge in [-0.15, -0.1) is 0 Å². The van der Waals surface area contributed by atoms with Gasteiger partial charge in [0.15, 0.2) is 11.5 Å². The Bertz CT molecular complexity index is 1100. The second kappa shape index (κ2) is 7.43. The van der Waals surface area contributed by atoms with Crippen LogP contribution in [0.15, 0.2) is 42.4 Å². The zero-order valence-corrected chi connectivity index (χ0v) is 17.5. The van der Waals surface area contributed by atoms with E-state index < -0.39 is 0 Å². The molecule has 29 heavy (non-hydrogen) atoms. The number of rotatable bonds is 4. The Morgan fingerprint density at radius 3 is 2.38 bits per heavy atom. The number of hydrogen-bond donors (Lipinski definition) is 0. The van der Waals surface area contributed by atoms with E-state index in [-0.39, 0.29) is 12.8 Å². The molecular formula is C25H26O4. The number of allylic oxidation sites excluding steroid dienone is 3. The zero-order chi connectivity index (χ0) is 20.7. The van der Waals surface area contributed by atoms with Crippen LogP contribution in [0.1, 0.15) is 58.9 Å². The average molecular weight is 390 g/mol. The van der Waals surface area contributed by atoms with E-state index in [2.05, 4.69) is 39.5 Å². The van der Waals surface area contributed by atoms with E-state index in [0.29, 0.717) is 23.7 Å². The molecule has 2 aromatic rings. The molecule has 2 heterocycles. The highest BCUT2D eigenvalue weighted by Gasteiger charge is 2.30. The molecule has 0 bridgehead atoms. The van der Waals surface area contributed by atoms with Gasteiger partial charge in [0.1, 0.15) is 6.61 Å². The fraction of sp³-hybridized carbons (Fsp3) is 0.320. The molecule has 150 valence electrons. The van der Waals surface area contributed by atoms with Crippen LogP contribution in [0.3, 0.4) is 0 Å². The van der Waals surface area contributed by atoms with E-state index in [1.165, 1.54) is 11.1 Å². The topological polar surface area (TPSA) is 44.8 Å². The molecule has 0 spiro atoms. The van der Waals surface area contributed by atoms with Crippen molar-refractivity contribution in [3.05, 3.63) is 75.8 Å². The fourth-order valence-electron chi connectivity index (χ4n) is 4.32. The molecule has 1 fully saturated rings. The molecule has 0 unspecified atom stereocenters.